The molecule has 0 bridgehead atoms. The van der Waals surface area contributed by atoms with E-state index in [9.17, 15) is 19.2 Å². The van der Waals surface area contributed by atoms with Crippen LogP contribution in [0.15, 0.2) is 48.5 Å². The molecule has 0 aliphatic rings. The van der Waals surface area contributed by atoms with Gasteiger partial charge in [-0.25, -0.2) is 0 Å². The second kappa shape index (κ2) is 9.86. The molecule has 0 aliphatic heterocycles. The first-order valence-corrected chi connectivity index (χ1v) is 8.74. The van der Waals surface area contributed by atoms with Crippen LogP contribution in [0.4, 0.5) is 11.4 Å². The van der Waals surface area contributed by atoms with Crippen molar-refractivity contribution < 1.29 is 19.2 Å². The molecule has 28 heavy (non-hydrogen) atoms. The molecule has 4 amide bonds. The van der Waals surface area contributed by atoms with E-state index in [2.05, 4.69) is 10.6 Å². The zero-order valence-electron chi connectivity index (χ0n) is 15.2. The molecule has 8 heteroatoms. The standard InChI is InChI=1S/C20H22N4O4/c21-19(27)13-5-9-15(10-6-13)23-17(25)3-1-2-4-18(26)24-16-11-7-14(8-12-16)20(22)28/h5-12H,1-4H2,(H2,21,27)(H2,22,28)(H,23,25)(H,24,26). The minimum absolute atomic E-state index is 0.172. The Morgan fingerprint density at radius 2 is 0.929 bits per heavy atom. The Morgan fingerprint density at radius 1 is 0.607 bits per heavy atom. The van der Waals surface area contributed by atoms with E-state index in [0.717, 1.165) is 0 Å². The smallest absolute Gasteiger partial charge is 0.248 e. The molecule has 2 aromatic carbocycles. The summed E-state index contributed by atoms with van der Waals surface area (Å²) >= 11 is 0. The average Bonchev–Trinajstić information content (AvgIpc) is 2.66. The van der Waals surface area contributed by atoms with E-state index in [-0.39, 0.29) is 24.7 Å². The van der Waals surface area contributed by atoms with Gasteiger partial charge in [-0.15, -0.1) is 0 Å². The zero-order valence-corrected chi connectivity index (χ0v) is 15.2. The summed E-state index contributed by atoms with van der Waals surface area (Å²) in [6.45, 7) is 0. The number of anilines is 2. The molecular weight excluding hydrogens is 360 g/mol. The van der Waals surface area contributed by atoms with E-state index in [4.69, 9.17) is 11.5 Å². The SMILES string of the molecule is NC(=O)c1ccc(NC(=O)CCCCC(=O)Nc2ccc(C(N)=O)cc2)cc1. The molecule has 0 aromatic heterocycles. The summed E-state index contributed by atoms with van der Waals surface area (Å²) in [5.41, 5.74) is 12.2. The van der Waals surface area contributed by atoms with Crippen LogP contribution < -0.4 is 22.1 Å². The van der Waals surface area contributed by atoms with Gasteiger partial charge < -0.3 is 22.1 Å². The Hall–Kier alpha value is -3.68. The number of nitrogens with two attached hydrogens (primary N) is 2. The Labute approximate surface area is 162 Å². The van der Waals surface area contributed by atoms with E-state index < -0.39 is 11.8 Å². The third kappa shape index (κ3) is 6.56. The Balaban J connectivity index is 1.67. The van der Waals surface area contributed by atoms with Crippen LogP contribution in [0.3, 0.4) is 0 Å². The second-order valence-electron chi connectivity index (χ2n) is 6.19. The number of benzene rings is 2. The number of rotatable bonds is 9. The van der Waals surface area contributed by atoms with Crippen molar-refractivity contribution in [2.24, 2.45) is 11.5 Å². The monoisotopic (exact) mass is 382 g/mol. The summed E-state index contributed by atoms with van der Waals surface area (Å²) in [5.74, 6) is -1.40. The lowest BCUT2D eigenvalue weighted by Gasteiger charge is -2.07. The molecule has 0 atom stereocenters. The maximum absolute atomic E-state index is 11.9. The molecule has 146 valence electrons. The van der Waals surface area contributed by atoms with Crippen molar-refractivity contribution in [2.45, 2.75) is 25.7 Å². The number of hydrogen-bond donors (Lipinski definition) is 4. The molecule has 6 N–H and O–H groups in total. The number of hydrogen-bond acceptors (Lipinski definition) is 4. The predicted molar refractivity (Wildman–Crippen MR) is 106 cm³/mol. The van der Waals surface area contributed by atoms with Crippen molar-refractivity contribution in [2.75, 3.05) is 10.6 Å². The van der Waals surface area contributed by atoms with E-state index in [1.807, 2.05) is 0 Å². The molecule has 8 nitrogen and oxygen atoms in total. The Bertz CT molecular complexity index is 787. The topological polar surface area (TPSA) is 144 Å². The quantitative estimate of drug-likeness (QED) is 0.492. The molecule has 0 spiro atoms. The number of carbonyl (C=O) groups is 4. The van der Waals surface area contributed by atoms with Gasteiger partial charge in [0, 0.05) is 35.3 Å². The summed E-state index contributed by atoms with van der Waals surface area (Å²) in [6, 6.07) is 12.6. The summed E-state index contributed by atoms with van der Waals surface area (Å²) in [5, 5.41) is 5.44. The third-order valence-electron chi connectivity index (χ3n) is 3.96. The predicted octanol–water partition coefficient (Wildman–Crippen LogP) is 2.02. The first-order chi connectivity index (χ1) is 13.3. The molecule has 0 heterocycles. The molecule has 0 unspecified atom stereocenters. The number of amides is 4. The molecule has 2 aromatic rings. The lowest BCUT2D eigenvalue weighted by atomic mass is 10.1. The van der Waals surface area contributed by atoms with Crippen molar-refractivity contribution in [3.8, 4) is 0 Å². The van der Waals surface area contributed by atoms with Crippen LogP contribution in [-0.4, -0.2) is 23.6 Å². The van der Waals surface area contributed by atoms with Crippen LogP contribution >= 0.6 is 0 Å². The fourth-order valence-electron chi connectivity index (χ4n) is 2.45. The first kappa shape index (κ1) is 20.6. The van der Waals surface area contributed by atoms with Crippen LogP contribution in [0.5, 0.6) is 0 Å². The maximum Gasteiger partial charge on any atom is 0.248 e. The van der Waals surface area contributed by atoms with Crippen molar-refractivity contribution in [1.82, 2.24) is 0 Å². The highest BCUT2D eigenvalue weighted by molar-refractivity contribution is 5.95. The van der Waals surface area contributed by atoms with E-state index in [0.29, 0.717) is 35.3 Å². The number of nitrogens with one attached hydrogen (secondary N) is 2. The maximum atomic E-state index is 11.9. The van der Waals surface area contributed by atoms with E-state index in [1.54, 1.807) is 24.3 Å². The minimum Gasteiger partial charge on any atom is -0.366 e. The Kier molecular flexibility index (Phi) is 7.27. The van der Waals surface area contributed by atoms with Gasteiger partial charge in [-0.3, -0.25) is 19.2 Å². The summed E-state index contributed by atoms with van der Waals surface area (Å²) in [6.07, 6.45) is 1.66. The number of primary amides is 2. The van der Waals surface area contributed by atoms with Gasteiger partial charge in [-0.1, -0.05) is 0 Å². The van der Waals surface area contributed by atoms with E-state index in [1.165, 1.54) is 24.3 Å². The molecule has 0 saturated heterocycles. The molecule has 0 saturated carbocycles. The third-order valence-corrected chi connectivity index (χ3v) is 3.96. The number of unbranched alkanes of at least 4 members (excludes halogenated alkanes) is 1. The van der Waals surface area contributed by atoms with Crippen LogP contribution in [0.2, 0.25) is 0 Å². The first-order valence-electron chi connectivity index (χ1n) is 8.74. The van der Waals surface area contributed by atoms with Gasteiger partial charge in [0.25, 0.3) is 0 Å². The molecule has 2 rings (SSSR count). The van der Waals surface area contributed by atoms with Gasteiger partial charge in [-0.05, 0) is 61.4 Å². The van der Waals surface area contributed by atoms with Crippen molar-refractivity contribution in [3.05, 3.63) is 59.7 Å². The van der Waals surface area contributed by atoms with Gasteiger partial charge in [-0.2, -0.15) is 0 Å². The largest absolute Gasteiger partial charge is 0.366 e. The highest BCUT2D eigenvalue weighted by Crippen LogP contribution is 2.12. The second-order valence-corrected chi connectivity index (χ2v) is 6.19. The number of carbonyl (C=O) groups excluding carboxylic acids is 4. The summed E-state index contributed by atoms with van der Waals surface area (Å²) in [4.78, 5) is 45.8. The minimum atomic E-state index is -0.528. The average molecular weight is 382 g/mol. The van der Waals surface area contributed by atoms with Crippen LogP contribution in [0, 0.1) is 0 Å². The van der Waals surface area contributed by atoms with Crippen LogP contribution in [-0.2, 0) is 9.59 Å². The lowest BCUT2D eigenvalue weighted by molar-refractivity contribution is -0.118. The van der Waals surface area contributed by atoms with Gasteiger partial charge in [0.1, 0.15) is 0 Å². The highest BCUT2D eigenvalue weighted by atomic mass is 16.2. The fraction of sp³-hybridized carbons (Fsp3) is 0.200. The summed E-state index contributed by atoms with van der Waals surface area (Å²) in [7, 11) is 0. The molecular formula is C20H22N4O4. The summed E-state index contributed by atoms with van der Waals surface area (Å²) < 4.78 is 0. The molecule has 0 radical (unpaired) electrons. The highest BCUT2D eigenvalue weighted by Gasteiger charge is 2.07. The van der Waals surface area contributed by atoms with Gasteiger partial charge in [0.05, 0.1) is 0 Å². The zero-order chi connectivity index (χ0) is 20.5. The fourth-order valence-corrected chi connectivity index (χ4v) is 2.45. The van der Waals surface area contributed by atoms with Crippen molar-refractivity contribution in [1.29, 1.82) is 0 Å². The van der Waals surface area contributed by atoms with Gasteiger partial charge in [0.15, 0.2) is 0 Å². The molecule has 0 aliphatic carbocycles. The lowest BCUT2D eigenvalue weighted by Crippen LogP contribution is -2.14. The Morgan fingerprint density at radius 3 is 1.21 bits per heavy atom. The van der Waals surface area contributed by atoms with Crippen molar-refractivity contribution in [3.63, 3.8) is 0 Å². The van der Waals surface area contributed by atoms with Gasteiger partial charge >= 0.3 is 0 Å². The van der Waals surface area contributed by atoms with Crippen LogP contribution in [0.25, 0.3) is 0 Å². The van der Waals surface area contributed by atoms with Gasteiger partial charge in [0.2, 0.25) is 23.6 Å². The van der Waals surface area contributed by atoms with Crippen LogP contribution in [0.1, 0.15) is 46.4 Å². The molecule has 0 fully saturated rings. The van der Waals surface area contributed by atoms with Crippen molar-refractivity contribution >= 4 is 35.0 Å². The normalized spacial score (nSPS) is 10.1. The van der Waals surface area contributed by atoms with E-state index >= 15 is 0 Å².